The largest absolute Gasteiger partial charge is 0.493 e. The molecular formula is C17H16N4O2. The van der Waals surface area contributed by atoms with Crippen molar-refractivity contribution in [2.45, 2.75) is 6.42 Å². The van der Waals surface area contributed by atoms with E-state index in [-0.39, 0.29) is 5.91 Å². The van der Waals surface area contributed by atoms with Gasteiger partial charge in [-0.25, -0.2) is 4.98 Å². The van der Waals surface area contributed by atoms with Crippen molar-refractivity contribution in [1.82, 2.24) is 15.2 Å². The van der Waals surface area contributed by atoms with Gasteiger partial charge in [-0.15, -0.1) is 0 Å². The molecule has 0 atom stereocenters. The lowest BCUT2D eigenvalue weighted by atomic mass is 10.1. The van der Waals surface area contributed by atoms with Gasteiger partial charge in [-0.1, -0.05) is 30.3 Å². The number of rotatable bonds is 5. The van der Waals surface area contributed by atoms with Crippen LogP contribution in [0, 0.1) is 0 Å². The van der Waals surface area contributed by atoms with Gasteiger partial charge in [-0.3, -0.25) is 9.89 Å². The average Bonchev–Trinajstić information content (AvgIpc) is 3.05. The number of carbonyl (C=O) groups excluding carboxylic acids is 1. The van der Waals surface area contributed by atoms with Crippen molar-refractivity contribution in [1.29, 1.82) is 0 Å². The molecule has 1 amide bonds. The summed E-state index contributed by atoms with van der Waals surface area (Å²) >= 11 is 0. The Bertz CT molecular complexity index is 799. The highest BCUT2D eigenvalue weighted by Gasteiger charge is 2.14. The zero-order valence-corrected chi connectivity index (χ0v) is 12.6. The highest BCUT2D eigenvalue weighted by molar-refractivity contribution is 6.03. The smallest absolute Gasteiger partial charge is 0.277 e. The minimum atomic E-state index is -0.336. The molecule has 0 bridgehead atoms. The van der Waals surface area contributed by atoms with Crippen molar-refractivity contribution >= 4 is 11.7 Å². The van der Waals surface area contributed by atoms with Crippen molar-refractivity contribution in [2.24, 2.45) is 0 Å². The second kappa shape index (κ2) is 6.74. The lowest BCUT2D eigenvalue weighted by Crippen LogP contribution is -2.14. The summed E-state index contributed by atoms with van der Waals surface area (Å²) in [4.78, 5) is 16.4. The number of pyridine rings is 1. The van der Waals surface area contributed by atoms with Crippen LogP contribution in [0.1, 0.15) is 21.7 Å². The Morgan fingerprint density at radius 2 is 2.04 bits per heavy atom. The third-order valence-electron chi connectivity index (χ3n) is 3.32. The van der Waals surface area contributed by atoms with E-state index in [1.165, 1.54) is 7.11 Å². The highest BCUT2D eigenvalue weighted by atomic mass is 16.5. The molecule has 0 aliphatic carbocycles. The Morgan fingerprint density at radius 1 is 1.22 bits per heavy atom. The van der Waals surface area contributed by atoms with E-state index in [0.29, 0.717) is 23.7 Å². The maximum atomic E-state index is 12.3. The first-order chi connectivity index (χ1) is 11.3. The topological polar surface area (TPSA) is 79.9 Å². The normalized spacial score (nSPS) is 10.3. The zero-order valence-electron chi connectivity index (χ0n) is 12.6. The lowest BCUT2D eigenvalue weighted by molar-refractivity contribution is 0.102. The molecule has 116 valence electrons. The molecule has 0 unspecified atom stereocenters. The standard InChI is InChI=1S/C17H16N4O2/c1-23-15-8-5-9-18-16(15)19-17(22)14-11-13(20-21-14)10-12-6-3-2-4-7-12/h2-9,11H,10H2,1H3,(H,20,21)(H,18,19,22). The van der Waals surface area contributed by atoms with Crippen LogP contribution >= 0.6 is 0 Å². The molecule has 2 N–H and O–H groups in total. The van der Waals surface area contributed by atoms with Crippen LogP contribution in [0.3, 0.4) is 0 Å². The molecular weight excluding hydrogens is 292 g/mol. The van der Waals surface area contributed by atoms with Crippen LogP contribution in [0.4, 0.5) is 5.82 Å². The van der Waals surface area contributed by atoms with E-state index < -0.39 is 0 Å². The number of nitrogens with zero attached hydrogens (tertiary/aromatic N) is 2. The summed E-state index contributed by atoms with van der Waals surface area (Å²) in [6.07, 6.45) is 2.28. The summed E-state index contributed by atoms with van der Waals surface area (Å²) in [5.74, 6) is 0.533. The summed E-state index contributed by atoms with van der Waals surface area (Å²) < 4.78 is 5.16. The molecule has 0 spiro atoms. The van der Waals surface area contributed by atoms with Crippen LogP contribution in [0.2, 0.25) is 0 Å². The minimum absolute atomic E-state index is 0.309. The van der Waals surface area contributed by atoms with Gasteiger partial charge in [-0.05, 0) is 23.8 Å². The molecule has 0 aliphatic rings. The molecule has 6 heteroatoms. The van der Waals surface area contributed by atoms with Crippen LogP contribution in [0.25, 0.3) is 0 Å². The number of anilines is 1. The number of hydrogen-bond donors (Lipinski definition) is 2. The zero-order chi connectivity index (χ0) is 16.1. The van der Waals surface area contributed by atoms with E-state index in [2.05, 4.69) is 20.5 Å². The van der Waals surface area contributed by atoms with Crippen LogP contribution < -0.4 is 10.1 Å². The summed E-state index contributed by atoms with van der Waals surface area (Å²) in [6, 6.07) is 15.2. The van der Waals surface area contributed by atoms with Crippen molar-refractivity contribution in [2.75, 3.05) is 12.4 Å². The number of carbonyl (C=O) groups is 1. The van der Waals surface area contributed by atoms with E-state index >= 15 is 0 Å². The molecule has 0 fully saturated rings. The van der Waals surface area contributed by atoms with Gasteiger partial charge in [0.05, 0.1) is 7.11 Å². The summed E-state index contributed by atoms with van der Waals surface area (Å²) in [5, 5.41) is 9.64. The van der Waals surface area contributed by atoms with E-state index in [1.807, 2.05) is 30.3 Å². The minimum Gasteiger partial charge on any atom is -0.493 e. The average molecular weight is 308 g/mol. The molecule has 3 rings (SSSR count). The van der Waals surface area contributed by atoms with Gasteiger partial charge in [0.25, 0.3) is 5.91 Å². The predicted molar refractivity (Wildman–Crippen MR) is 86.6 cm³/mol. The Hall–Kier alpha value is -3.15. The van der Waals surface area contributed by atoms with Crippen LogP contribution in [-0.2, 0) is 6.42 Å². The Labute approximate surface area is 133 Å². The Kier molecular flexibility index (Phi) is 4.33. The Balaban J connectivity index is 1.71. The molecule has 3 aromatic rings. The fourth-order valence-corrected chi connectivity index (χ4v) is 2.20. The predicted octanol–water partition coefficient (Wildman–Crippen LogP) is 2.66. The second-order valence-corrected chi connectivity index (χ2v) is 4.95. The first-order valence-corrected chi connectivity index (χ1v) is 7.15. The van der Waals surface area contributed by atoms with E-state index in [0.717, 1.165) is 11.3 Å². The monoisotopic (exact) mass is 308 g/mol. The van der Waals surface area contributed by atoms with E-state index in [1.54, 1.807) is 24.4 Å². The van der Waals surface area contributed by atoms with Gasteiger partial charge < -0.3 is 10.1 Å². The van der Waals surface area contributed by atoms with Crippen molar-refractivity contribution in [3.8, 4) is 5.75 Å². The van der Waals surface area contributed by atoms with Crippen molar-refractivity contribution in [3.63, 3.8) is 0 Å². The van der Waals surface area contributed by atoms with Gasteiger partial charge in [0, 0.05) is 18.3 Å². The summed E-state index contributed by atoms with van der Waals surface area (Å²) in [5.41, 5.74) is 2.33. The molecule has 2 aromatic heterocycles. The van der Waals surface area contributed by atoms with Crippen LogP contribution in [0.5, 0.6) is 5.75 Å². The third kappa shape index (κ3) is 3.55. The number of ether oxygens (including phenoxy) is 1. The SMILES string of the molecule is COc1cccnc1NC(=O)c1cc(Cc2ccccc2)[nH]n1. The van der Waals surface area contributed by atoms with Crippen LogP contribution in [-0.4, -0.2) is 28.2 Å². The van der Waals surface area contributed by atoms with E-state index in [4.69, 9.17) is 4.74 Å². The number of amides is 1. The molecule has 23 heavy (non-hydrogen) atoms. The fourth-order valence-electron chi connectivity index (χ4n) is 2.20. The van der Waals surface area contributed by atoms with Crippen LogP contribution in [0.15, 0.2) is 54.7 Å². The van der Waals surface area contributed by atoms with Gasteiger partial charge >= 0.3 is 0 Å². The van der Waals surface area contributed by atoms with E-state index in [9.17, 15) is 4.79 Å². The maximum absolute atomic E-state index is 12.3. The molecule has 1 aromatic carbocycles. The summed E-state index contributed by atoms with van der Waals surface area (Å²) in [7, 11) is 1.53. The number of benzene rings is 1. The third-order valence-corrected chi connectivity index (χ3v) is 3.32. The number of aromatic nitrogens is 3. The number of H-pyrrole nitrogens is 1. The fraction of sp³-hybridized carbons (Fsp3) is 0.118. The second-order valence-electron chi connectivity index (χ2n) is 4.95. The van der Waals surface area contributed by atoms with Crippen molar-refractivity contribution < 1.29 is 9.53 Å². The van der Waals surface area contributed by atoms with Gasteiger partial charge in [-0.2, -0.15) is 5.10 Å². The van der Waals surface area contributed by atoms with Crippen molar-refractivity contribution in [3.05, 3.63) is 71.7 Å². The number of methoxy groups -OCH3 is 1. The molecule has 0 saturated carbocycles. The first kappa shape index (κ1) is 14.8. The molecule has 0 saturated heterocycles. The number of aromatic amines is 1. The number of nitrogens with one attached hydrogen (secondary N) is 2. The summed E-state index contributed by atoms with van der Waals surface area (Å²) in [6.45, 7) is 0. The molecule has 6 nitrogen and oxygen atoms in total. The molecule has 0 aliphatic heterocycles. The highest BCUT2D eigenvalue weighted by Crippen LogP contribution is 2.20. The lowest BCUT2D eigenvalue weighted by Gasteiger charge is -2.06. The quantitative estimate of drug-likeness (QED) is 0.759. The maximum Gasteiger partial charge on any atom is 0.277 e. The van der Waals surface area contributed by atoms with Gasteiger partial charge in [0.15, 0.2) is 17.3 Å². The first-order valence-electron chi connectivity index (χ1n) is 7.15. The molecule has 0 radical (unpaired) electrons. The molecule has 2 heterocycles. The van der Waals surface area contributed by atoms with Gasteiger partial charge in [0.1, 0.15) is 0 Å². The Morgan fingerprint density at radius 3 is 2.83 bits per heavy atom. The van der Waals surface area contributed by atoms with Gasteiger partial charge in [0.2, 0.25) is 0 Å². The number of hydrogen-bond acceptors (Lipinski definition) is 4.